The van der Waals surface area contributed by atoms with Crippen molar-refractivity contribution in [2.45, 2.75) is 44.6 Å². The lowest BCUT2D eigenvalue weighted by Crippen LogP contribution is -2.32. The lowest BCUT2D eigenvalue weighted by molar-refractivity contribution is 0.100. The number of carbonyl (C=O) groups is 1. The highest BCUT2D eigenvalue weighted by Crippen LogP contribution is 2.25. The number of pyridine rings is 1. The second-order valence-electron chi connectivity index (χ2n) is 5.25. The standard InChI is InChI=1S/C14H22N4O/c1-18(10-6-4-2-3-5-7-10)13-8-11(14(16)19)12(15)9-17-13/h8-10H,2-7,15H2,1H3,(H2,16,19). The highest BCUT2D eigenvalue weighted by Gasteiger charge is 2.19. The zero-order chi connectivity index (χ0) is 13.8. The molecule has 104 valence electrons. The summed E-state index contributed by atoms with van der Waals surface area (Å²) in [5, 5.41) is 0. The van der Waals surface area contributed by atoms with Crippen LogP contribution in [0.2, 0.25) is 0 Å². The fourth-order valence-electron chi connectivity index (χ4n) is 2.69. The fraction of sp³-hybridized carbons (Fsp3) is 0.571. The molecule has 1 amide bonds. The summed E-state index contributed by atoms with van der Waals surface area (Å²) >= 11 is 0. The molecule has 1 fully saturated rings. The van der Waals surface area contributed by atoms with Gasteiger partial charge in [0.2, 0.25) is 0 Å². The molecule has 1 aromatic rings. The number of nitrogen functional groups attached to an aromatic ring is 1. The summed E-state index contributed by atoms with van der Waals surface area (Å²) in [6, 6.07) is 2.18. The molecule has 1 heterocycles. The number of carbonyl (C=O) groups excluding carboxylic acids is 1. The van der Waals surface area contributed by atoms with Gasteiger partial charge in [-0.25, -0.2) is 4.98 Å². The van der Waals surface area contributed by atoms with Crippen molar-refractivity contribution >= 4 is 17.4 Å². The Morgan fingerprint density at radius 3 is 2.53 bits per heavy atom. The number of nitrogens with zero attached hydrogens (tertiary/aromatic N) is 2. The number of hydrogen-bond donors (Lipinski definition) is 2. The first kappa shape index (κ1) is 13.6. The van der Waals surface area contributed by atoms with Gasteiger partial charge < -0.3 is 16.4 Å². The maximum absolute atomic E-state index is 11.3. The summed E-state index contributed by atoms with van der Waals surface area (Å²) in [6.45, 7) is 0. The smallest absolute Gasteiger partial charge is 0.250 e. The Balaban J connectivity index is 2.20. The molecule has 0 spiro atoms. The summed E-state index contributed by atoms with van der Waals surface area (Å²) < 4.78 is 0. The Kier molecular flexibility index (Phi) is 4.24. The molecule has 0 radical (unpaired) electrons. The van der Waals surface area contributed by atoms with E-state index in [1.807, 2.05) is 7.05 Å². The van der Waals surface area contributed by atoms with Crippen LogP contribution in [0.15, 0.2) is 12.3 Å². The number of nitrogens with two attached hydrogens (primary N) is 2. The van der Waals surface area contributed by atoms with Crippen LogP contribution < -0.4 is 16.4 Å². The van der Waals surface area contributed by atoms with Crippen LogP contribution in [-0.4, -0.2) is 24.0 Å². The monoisotopic (exact) mass is 262 g/mol. The summed E-state index contributed by atoms with van der Waals surface area (Å²) in [4.78, 5) is 17.8. The van der Waals surface area contributed by atoms with Gasteiger partial charge in [-0.05, 0) is 18.9 Å². The van der Waals surface area contributed by atoms with Crippen LogP contribution in [0.1, 0.15) is 48.9 Å². The van der Waals surface area contributed by atoms with Crippen LogP contribution in [0.3, 0.4) is 0 Å². The van der Waals surface area contributed by atoms with E-state index in [-0.39, 0.29) is 0 Å². The van der Waals surface area contributed by atoms with Crippen LogP contribution in [0.5, 0.6) is 0 Å². The maximum atomic E-state index is 11.3. The molecule has 1 saturated carbocycles. The molecule has 1 aliphatic carbocycles. The Hall–Kier alpha value is -1.78. The van der Waals surface area contributed by atoms with Gasteiger partial charge in [0.05, 0.1) is 17.4 Å². The topological polar surface area (TPSA) is 85.2 Å². The number of anilines is 2. The molecule has 2 rings (SSSR count). The molecule has 1 aromatic heterocycles. The summed E-state index contributed by atoms with van der Waals surface area (Å²) in [5.74, 6) is 0.269. The number of aromatic nitrogens is 1. The van der Waals surface area contributed by atoms with Gasteiger partial charge in [0.25, 0.3) is 5.91 Å². The van der Waals surface area contributed by atoms with Crippen LogP contribution >= 0.6 is 0 Å². The minimum absolute atomic E-state index is 0.338. The minimum Gasteiger partial charge on any atom is -0.397 e. The molecule has 5 nitrogen and oxygen atoms in total. The van der Waals surface area contributed by atoms with Crippen molar-refractivity contribution in [1.29, 1.82) is 0 Å². The van der Waals surface area contributed by atoms with E-state index >= 15 is 0 Å². The van der Waals surface area contributed by atoms with Crippen LogP contribution in [-0.2, 0) is 0 Å². The number of primary amides is 1. The van der Waals surface area contributed by atoms with Crippen LogP contribution in [0.4, 0.5) is 11.5 Å². The molecule has 0 unspecified atom stereocenters. The first-order valence-corrected chi connectivity index (χ1v) is 6.87. The molecule has 0 bridgehead atoms. The van der Waals surface area contributed by atoms with E-state index < -0.39 is 5.91 Å². The zero-order valence-corrected chi connectivity index (χ0v) is 11.4. The van der Waals surface area contributed by atoms with E-state index in [2.05, 4.69) is 9.88 Å². The molecule has 5 heteroatoms. The van der Waals surface area contributed by atoms with Gasteiger partial charge >= 0.3 is 0 Å². The summed E-state index contributed by atoms with van der Waals surface area (Å²) in [7, 11) is 2.03. The predicted molar refractivity (Wildman–Crippen MR) is 77.1 cm³/mol. The van der Waals surface area contributed by atoms with Crippen molar-refractivity contribution in [3.05, 3.63) is 17.8 Å². The van der Waals surface area contributed by atoms with Crippen molar-refractivity contribution in [2.75, 3.05) is 17.7 Å². The van der Waals surface area contributed by atoms with Gasteiger partial charge in [-0.15, -0.1) is 0 Å². The summed E-state index contributed by atoms with van der Waals surface area (Å²) in [5.41, 5.74) is 11.7. The van der Waals surface area contributed by atoms with Gasteiger partial charge in [0.1, 0.15) is 5.82 Å². The molecule has 19 heavy (non-hydrogen) atoms. The van der Waals surface area contributed by atoms with E-state index in [1.54, 1.807) is 6.07 Å². The average Bonchev–Trinajstić information content (AvgIpc) is 2.67. The van der Waals surface area contributed by atoms with Crippen molar-refractivity contribution < 1.29 is 4.79 Å². The lowest BCUT2D eigenvalue weighted by Gasteiger charge is -2.28. The first-order chi connectivity index (χ1) is 9.09. The molecular weight excluding hydrogens is 240 g/mol. The van der Waals surface area contributed by atoms with E-state index in [0.717, 1.165) is 5.82 Å². The van der Waals surface area contributed by atoms with E-state index in [9.17, 15) is 4.79 Å². The Morgan fingerprint density at radius 2 is 1.95 bits per heavy atom. The summed E-state index contributed by atoms with van der Waals surface area (Å²) in [6.07, 6.45) is 9.00. The van der Waals surface area contributed by atoms with E-state index in [4.69, 9.17) is 11.5 Å². The molecular formula is C14H22N4O. The average molecular weight is 262 g/mol. The van der Waals surface area contributed by atoms with Crippen molar-refractivity contribution in [2.24, 2.45) is 5.73 Å². The molecule has 1 aliphatic rings. The van der Waals surface area contributed by atoms with E-state index in [0.29, 0.717) is 17.3 Å². The highest BCUT2D eigenvalue weighted by atomic mass is 16.1. The quantitative estimate of drug-likeness (QED) is 0.815. The third kappa shape index (κ3) is 3.16. The second-order valence-corrected chi connectivity index (χ2v) is 5.25. The highest BCUT2D eigenvalue weighted by molar-refractivity contribution is 5.98. The third-order valence-electron chi connectivity index (χ3n) is 3.92. The maximum Gasteiger partial charge on any atom is 0.250 e. The van der Waals surface area contributed by atoms with Gasteiger partial charge in [-0.1, -0.05) is 25.7 Å². The first-order valence-electron chi connectivity index (χ1n) is 6.87. The van der Waals surface area contributed by atoms with Crippen molar-refractivity contribution in [3.8, 4) is 0 Å². The third-order valence-corrected chi connectivity index (χ3v) is 3.92. The normalized spacial score (nSPS) is 16.9. The van der Waals surface area contributed by atoms with Gasteiger partial charge in [-0.3, -0.25) is 4.79 Å². The largest absolute Gasteiger partial charge is 0.397 e. The van der Waals surface area contributed by atoms with Crippen LogP contribution in [0.25, 0.3) is 0 Å². The molecule has 0 aliphatic heterocycles. The van der Waals surface area contributed by atoms with Crippen molar-refractivity contribution in [1.82, 2.24) is 4.98 Å². The number of rotatable bonds is 3. The zero-order valence-electron chi connectivity index (χ0n) is 11.4. The Bertz CT molecular complexity index is 453. The van der Waals surface area contributed by atoms with Crippen molar-refractivity contribution in [3.63, 3.8) is 0 Å². The fourth-order valence-corrected chi connectivity index (χ4v) is 2.69. The van der Waals surface area contributed by atoms with E-state index in [1.165, 1.54) is 44.7 Å². The predicted octanol–water partition coefficient (Wildman–Crippen LogP) is 1.92. The second kappa shape index (κ2) is 5.91. The van der Waals surface area contributed by atoms with Crippen LogP contribution in [0, 0.1) is 0 Å². The molecule has 0 aromatic carbocycles. The minimum atomic E-state index is -0.504. The van der Waals surface area contributed by atoms with Gasteiger partial charge in [0.15, 0.2) is 0 Å². The molecule has 0 atom stereocenters. The molecule has 0 saturated heterocycles. The van der Waals surface area contributed by atoms with Gasteiger partial charge in [0, 0.05) is 13.1 Å². The van der Waals surface area contributed by atoms with Gasteiger partial charge in [-0.2, -0.15) is 0 Å². The molecule has 4 N–H and O–H groups in total. The lowest BCUT2D eigenvalue weighted by atomic mass is 10.1. The number of hydrogen-bond acceptors (Lipinski definition) is 4. The Labute approximate surface area is 114 Å². The number of amides is 1. The SMILES string of the molecule is CN(c1cc(C(N)=O)c(N)cn1)C1CCCCCC1. The Morgan fingerprint density at radius 1 is 1.32 bits per heavy atom.